The SMILES string of the molecule is Cc1ccc(COc2ccccc2/C=C(/C#N)C(=O)NC(C)C)cc1. The first kappa shape index (κ1) is 18.3. The van der Waals surface area contributed by atoms with Gasteiger partial charge in [-0.2, -0.15) is 5.26 Å². The zero-order valence-corrected chi connectivity index (χ0v) is 14.7. The van der Waals surface area contributed by atoms with Crippen LogP contribution in [0, 0.1) is 18.3 Å². The number of para-hydroxylation sites is 1. The van der Waals surface area contributed by atoms with Crippen molar-refractivity contribution < 1.29 is 9.53 Å². The fourth-order valence-electron chi connectivity index (χ4n) is 2.22. The molecule has 0 aliphatic carbocycles. The number of amides is 1. The van der Waals surface area contributed by atoms with Gasteiger partial charge < -0.3 is 10.1 Å². The molecular weight excluding hydrogens is 312 g/mol. The van der Waals surface area contributed by atoms with Gasteiger partial charge in [0.1, 0.15) is 24.0 Å². The second-order valence-corrected chi connectivity index (χ2v) is 6.11. The third kappa shape index (κ3) is 5.50. The number of nitrogens with one attached hydrogen (secondary N) is 1. The second kappa shape index (κ2) is 8.70. The van der Waals surface area contributed by atoms with Crippen LogP contribution in [-0.2, 0) is 11.4 Å². The maximum absolute atomic E-state index is 12.1. The fraction of sp³-hybridized carbons (Fsp3) is 0.238. The van der Waals surface area contributed by atoms with E-state index >= 15 is 0 Å². The molecule has 0 bridgehead atoms. The van der Waals surface area contributed by atoms with Crippen molar-refractivity contribution in [2.45, 2.75) is 33.4 Å². The number of hydrogen-bond donors (Lipinski definition) is 1. The number of carbonyl (C=O) groups excluding carboxylic acids is 1. The van der Waals surface area contributed by atoms with E-state index in [1.54, 1.807) is 6.08 Å². The Morgan fingerprint density at radius 1 is 1.20 bits per heavy atom. The van der Waals surface area contributed by atoms with Gasteiger partial charge in [0.25, 0.3) is 5.91 Å². The molecule has 25 heavy (non-hydrogen) atoms. The van der Waals surface area contributed by atoms with E-state index in [1.165, 1.54) is 5.56 Å². The molecule has 2 aromatic rings. The lowest BCUT2D eigenvalue weighted by Crippen LogP contribution is -2.30. The van der Waals surface area contributed by atoms with Crippen molar-refractivity contribution in [3.05, 3.63) is 70.8 Å². The van der Waals surface area contributed by atoms with Gasteiger partial charge in [-0.05, 0) is 38.5 Å². The Morgan fingerprint density at radius 2 is 1.88 bits per heavy atom. The molecule has 1 amide bonds. The van der Waals surface area contributed by atoms with E-state index in [4.69, 9.17) is 4.74 Å². The largest absolute Gasteiger partial charge is 0.488 e. The Bertz CT molecular complexity index is 799. The summed E-state index contributed by atoms with van der Waals surface area (Å²) in [6.07, 6.45) is 1.56. The zero-order chi connectivity index (χ0) is 18.2. The minimum absolute atomic E-state index is 0.0303. The Balaban J connectivity index is 2.19. The average molecular weight is 334 g/mol. The minimum Gasteiger partial charge on any atom is -0.488 e. The van der Waals surface area contributed by atoms with Crippen LogP contribution in [-0.4, -0.2) is 11.9 Å². The van der Waals surface area contributed by atoms with Crippen molar-refractivity contribution in [3.63, 3.8) is 0 Å². The van der Waals surface area contributed by atoms with E-state index in [9.17, 15) is 10.1 Å². The number of benzene rings is 2. The predicted octanol–water partition coefficient (Wildman–Crippen LogP) is 4.01. The van der Waals surface area contributed by atoms with Crippen molar-refractivity contribution >= 4 is 12.0 Å². The summed E-state index contributed by atoms with van der Waals surface area (Å²) >= 11 is 0. The predicted molar refractivity (Wildman–Crippen MR) is 98.8 cm³/mol. The molecule has 0 atom stereocenters. The highest BCUT2D eigenvalue weighted by molar-refractivity contribution is 6.02. The van der Waals surface area contributed by atoms with Crippen LogP contribution >= 0.6 is 0 Å². The summed E-state index contributed by atoms with van der Waals surface area (Å²) in [4.78, 5) is 12.1. The lowest BCUT2D eigenvalue weighted by atomic mass is 10.1. The number of rotatable bonds is 6. The van der Waals surface area contributed by atoms with Gasteiger partial charge in [-0.1, -0.05) is 48.0 Å². The molecule has 2 aromatic carbocycles. The maximum Gasteiger partial charge on any atom is 0.262 e. The number of aryl methyl sites for hydroxylation is 1. The molecule has 0 aliphatic heterocycles. The third-order valence-corrected chi connectivity index (χ3v) is 3.52. The standard InChI is InChI=1S/C21H22N2O2/c1-15(2)23-21(24)19(13-22)12-18-6-4-5-7-20(18)25-14-17-10-8-16(3)9-11-17/h4-12,15H,14H2,1-3H3,(H,23,24)/b19-12-. The van der Waals surface area contributed by atoms with Gasteiger partial charge in [0.05, 0.1) is 0 Å². The third-order valence-electron chi connectivity index (χ3n) is 3.52. The first-order valence-electron chi connectivity index (χ1n) is 8.19. The quantitative estimate of drug-likeness (QED) is 0.641. The molecule has 0 saturated carbocycles. The highest BCUT2D eigenvalue weighted by Crippen LogP contribution is 2.22. The first-order valence-corrected chi connectivity index (χ1v) is 8.19. The molecule has 2 rings (SSSR count). The number of carbonyl (C=O) groups is 1. The van der Waals surface area contributed by atoms with Crippen molar-refractivity contribution in [2.24, 2.45) is 0 Å². The lowest BCUT2D eigenvalue weighted by molar-refractivity contribution is -0.117. The van der Waals surface area contributed by atoms with Gasteiger partial charge in [0.2, 0.25) is 0 Å². The number of ether oxygens (including phenoxy) is 1. The van der Waals surface area contributed by atoms with Crippen molar-refractivity contribution in [1.29, 1.82) is 5.26 Å². The van der Waals surface area contributed by atoms with Gasteiger partial charge >= 0.3 is 0 Å². The zero-order valence-electron chi connectivity index (χ0n) is 14.7. The Kier molecular flexibility index (Phi) is 6.36. The summed E-state index contributed by atoms with van der Waals surface area (Å²) in [5, 5.41) is 12.0. The summed E-state index contributed by atoms with van der Waals surface area (Å²) in [5.41, 5.74) is 3.01. The van der Waals surface area contributed by atoms with Crippen molar-refractivity contribution in [1.82, 2.24) is 5.32 Å². The number of hydrogen-bond acceptors (Lipinski definition) is 3. The summed E-state index contributed by atoms with van der Waals surface area (Å²) in [5.74, 6) is 0.249. The molecule has 0 aliphatic rings. The number of nitriles is 1. The van der Waals surface area contributed by atoms with Crippen LogP contribution < -0.4 is 10.1 Å². The first-order chi connectivity index (χ1) is 12.0. The number of nitrogens with zero attached hydrogens (tertiary/aromatic N) is 1. The maximum atomic E-state index is 12.1. The smallest absolute Gasteiger partial charge is 0.262 e. The molecule has 0 unspecified atom stereocenters. The highest BCUT2D eigenvalue weighted by atomic mass is 16.5. The van der Waals surface area contributed by atoms with Crippen molar-refractivity contribution in [3.8, 4) is 11.8 Å². The van der Waals surface area contributed by atoms with Crippen LogP contribution in [0.3, 0.4) is 0 Å². The van der Waals surface area contributed by atoms with Crippen LogP contribution in [0.2, 0.25) is 0 Å². The van der Waals surface area contributed by atoms with E-state index in [0.717, 1.165) is 5.56 Å². The molecule has 4 nitrogen and oxygen atoms in total. The highest BCUT2D eigenvalue weighted by Gasteiger charge is 2.11. The van der Waals surface area contributed by atoms with Crippen LogP contribution in [0.1, 0.15) is 30.5 Å². The van der Waals surface area contributed by atoms with Gasteiger partial charge in [0, 0.05) is 11.6 Å². The molecule has 0 radical (unpaired) electrons. The molecule has 1 N–H and O–H groups in total. The van der Waals surface area contributed by atoms with E-state index in [0.29, 0.717) is 17.9 Å². The van der Waals surface area contributed by atoms with E-state index in [1.807, 2.05) is 75.4 Å². The van der Waals surface area contributed by atoms with E-state index in [2.05, 4.69) is 5.32 Å². The summed E-state index contributed by atoms with van der Waals surface area (Å²) in [7, 11) is 0. The normalized spacial score (nSPS) is 11.1. The van der Waals surface area contributed by atoms with Crippen LogP contribution in [0.4, 0.5) is 0 Å². The monoisotopic (exact) mass is 334 g/mol. The summed E-state index contributed by atoms with van der Waals surface area (Å²) < 4.78 is 5.88. The van der Waals surface area contributed by atoms with Gasteiger partial charge in [-0.25, -0.2) is 0 Å². The van der Waals surface area contributed by atoms with E-state index < -0.39 is 0 Å². The Hall–Kier alpha value is -3.06. The summed E-state index contributed by atoms with van der Waals surface area (Å²) in [6, 6.07) is 17.4. The Morgan fingerprint density at radius 3 is 2.52 bits per heavy atom. The molecule has 0 aromatic heterocycles. The average Bonchev–Trinajstić information content (AvgIpc) is 2.59. The molecule has 0 spiro atoms. The fourth-order valence-corrected chi connectivity index (χ4v) is 2.22. The van der Waals surface area contributed by atoms with Gasteiger partial charge in [-0.15, -0.1) is 0 Å². The topological polar surface area (TPSA) is 62.1 Å². The second-order valence-electron chi connectivity index (χ2n) is 6.11. The van der Waals surface area contributed by atoms with Gasteiger partial charge in [-0.3, -0.25) is 4.79 Å². The van der Waals surface area contributed by atoms with Crippen molar-refractivity contribution in [2.75, 3.05) is 0 Å². The van der Waals surface area contributed by atoms with E-state index in [-0.39, 0.29) is 17.5 Å². The minimum atomic E-state index is -0.383. The molecule has 0 saturated heterocycles. The summed E-state index contributed by atoms with van der Waals surface area (Å²) in [6.45, 7) is 6.17. The lowest BCUT2D eigenvalue weighted by Gasteiger charge is -2.11. The molecule has 0 fully saturated rings. The molecule has 0 heterocycles. The van der Waals surface area contributed by atoms with Gasteiger partial charge in [0.15, 0.2) is 0 Å². The molecule has 128 valence electrons. The van der Waals surface area contributed by atoms with Crippen LogP contribution in [0.15, 0.2) is 54.1 Å². The van der Waals surface area contributed by atoms with Crippen LogP contribution in [0.25, 0.3) is 6.08 Å². The Labute approximate surface area is 148 Å². The van der Waals surface area contributed by atoms with Crippen LogP contribution in [0.5, 0.6) is 5.75 Å². The molecular formula is C21H22N2O2. The molecule has 4 heteroatoms.